The molecule has 6 heteroatoms. The van der Waals surface area contributed by atoms with Gasteiger partial charge < -0.3 is 0 Å². The van der Waals surface area contributed by atoms with Gasteiger partial charge in [-0.3, -0.25) is 0 Å². The van der Waals surface area contributed by atoms with E-state index in [1.807, 2.05) is 0 Å². The smallest absolute Gasteiger partial charge is 0.240 e. The summed E-state index contributed by atoms with van der Waals surface area (Å²) in [7, 11) is 0. The number of alkyl halides is 4. The molecule has 0 saturated heterocycles. The number of para-hydroxylation sites is 1. The van der Waals surface area contributed by atoms with Crippen molar-refractivity contribution in [3.63, 3.8) is 0 Å². The van der Waals surface area contributed by atoms with Gasteiger partial charge >= 0.3 is 12.3 Å². The molecule has 0 atom stereocenters. The van der Waals surface area contributed by atoms with E-state index in [0.717, 1.165) is 6.20 Å². The third-order valence-electron chi connectivity index (χ3n) is 2.78. The predicted molar refractivity (Wildman–Crippen MR) is 62.8 cm³/mol. The second-order valence-corrected chi connectivity index (χ2v) is 4.05. The molecule has 2 rings (SSSR count). The van der Waals surface area contributed by atoms with Crippen molar-refractivity contribution in [2.45, 2.75) is 25.7 Å². The molecular formula is C13H12F4N2. The van der Waals surface area contributed by atoms with Crippen LogP contribution in [0.4, 0.5) is 17.6 Å². The Kier molecular flexibility index (Phi) is 3.59. The molecule has 1 aromatic heterocycles. The van der Waals surface area contributed by atoms with Crippen LogP contribution in [0.25, 0.3) is 5.69 Å². The third-order valence-corrected chi connectivity index (χ3v) is 2.78. The molecule has 1 aromatic carbocycles. The highest BCUT2D eigenvalue weighted by molar-refractivity contribution is 5.34. The van der Waals surface area contributed by atoms with Crippen molar-refractivity contribution in [3.05, 3.63) is 47.8 Å². The zero-order valence-electron chi connectivity index (χ0n) is 10.2. The summed E-state index contributed by atoms with van der Waals surface area (Å²) in [6.07, 6.45) is -2.61. The van der Waals surface area contributed by atoms with Crippen LogP contribution in [0, 0.1) is 0 Å². The number of halogens is 4. The van der Waals surface area contributed by atoms with Crippen molar-refractivity contribution >= 4 is 0 Å². The van der Waals surface area contributed by atoms with Gasteiger partial charge in [-0.1, -0.05) is 25.1 Å². The molecule has 0 aliphatic heterocycles. The minimum Gasteiger partial charge on any atom is -0.240 e. The third kappa shape index (κ3) is 2.47. The highest BCUT2D eigenvalue weighted by atomic mass is 19.3. The van der Waals surface area contributed by atoms with Crippen LogP contribution in [-0.4, -0.2) is 16.2 Å². The van der Waals surface area contributed by atoms with Gasteiger partial charge in [0.25, 0.3) is 0 Å². The van der Waals surface area contributed by atoms with Gasteiger partial charge in [0.05, 0.1) is 16.9 Å². The summed E-state index contributed by atoms with van der Waals surface area (Å²) < 4.78 is 53.0. The van der Waals surface area contributed by atoms with E-state index < -0.39 is 17.9 Å². The fraction of sp³-hybridized carbons (Fsp3) is 0.308. The van der Waals surface area contributed by atoms with Crippen LogP contribution in [0.5, 0.6) is 0 Å². The van der Waals surface area contributed by atoms with Gasteiger partial charge in [0.2, 0.25) is 0 Å². The van der Waals surface area contributed by atoms with E-state index >= 15 is 0 Å². The number of hydrogen-bond acceptors (Lipinski definition) is 1. The lowest BCUT2D eigenvalue weighted by Gasteiger charge is -2.14. The monoisotopic (exact) mass is 272 g/mol. The maximum Gasteiger partial charge on any atom is 0.335 e. The van der Waals surface area contributed by atoms with Crippen LogP contribution in [0.3, 0.4) is 0 Å². The van der Waals surface area contributed by atoms with Crippen LogP contribution < -0.4 is 0 Å². The van der Waals surface area contributed by atoms with E-state index in [-0.39, 0.29) is 12.1 Å². The second kappa shape index (κ2) is 5.03. The molecule has 2 aromatic rings. The fourth-order valence-corrected chi connectivity index (χ4v) is 1.78. The highest BCUT2D eigenvalue weighted by Crippen LogP contribution is 2.36. The van der Waals surface area contributed by atoms with E-state index in [1.54, 1.807) is 37.3 Å². The molecule has 0 fully saturated rings. The normalized spacial score (nSPS) is 12.1. The molecule has 1 heterocycles. The second-order valence-electron chi connectivity index (χ2n) is 4.05. The summed E-state index contributed by atoms with van der Waals surface area (Å²) in [6.45, 7) is 1.60. The molecule has 0 saturated carbocycles. The van der Waals surface area contributed by atoms with Crippen molar-refractivity contribution < 1.29 is 17.6 Å². The van der Waals surface area contributed by atoms with Gasteiger partial charge in [0.1, 0.15) is 0 Å². The maximum atomic E-state index is 13.5. The molecule has 2 nitrogen and oxygen atoms in total. The minimum atomic E-state index is -4.18. The molecule has 0 unspecified atom stereocenters. The first kappa shape index (κ1) is 13.6. The van der Waals surface area contributed by atoms with Crippen LogP contribution >= 0.6 is 0 Å². The summed E-state index contributed by atoms with van der Waals surface area (Å²) in [6, 6.07) is 8.52. The van der Waals surface area contributed by atoms with E-state index in [0.29, 0.717) is 5.69 Å². The van der Waals surface area contributed by atoms with E-state index in [1.165, 1.54) is 4.68 Å². The topological polar surface area (TPSA) is 17.8 Å². The number of hydrogen-bond donors (Lipinski definition) is 0. The Bertz CT molecular complexity index is 549. The van der Waals surface area contributed by atoms with Gasteiger partial charge in [-0.05, 0) is 18.6 Å². The molecule has 19 heavy (non-hydrogen) atoms. The molecule has 0 aliphatic carbocycles. The van der Waals surface area contributed by atoms with Gasteiger partial charge in [-0.2, -0.15) is 13.9 Å². The summed E-state index contributed by atoms with van der Waals surface area (Å²) in [5.74, 6) is -4.18. The Labute approximate surface area is 107 Å². The van der Waals surface area contributed by atoms with Gasteiger partial charge in [0, 0.05) is 6.20 Å². The number of benzene rings is 1. The summed E-state index contributed by atoms with van der Waals surface area (Å²) in [5.41, 5.74) is -0.184. The van der Waals surface area contributed by atoms with Gasteiger partial charge in [-0.25, -0.2) is 13.5 Å². The summed E-state index contributed by atoms with van der Waals surface area (Å²) in [5, 5.41) is 3.95. The zero-order valence-corrected chi connectivity index (χ0v) is 10.2. The number of rotatable bonds is 4. The van der Waals surface area contributed by atoms with E-state index in [2.05, 4.69) is 5.10 Å². The SMILES string of the molecule is CCc1nn(-c2ccccc2)cc1C(F)(F)C(F)F. The average Bonchev–Trinajstić information content (AvgIpc) is 2.84. The zero-order chi connectivity index (χ0) is 14.0. The molecule has 0 N–H and O–H groups in total. The number of aryl methyl sites for hydroxylation is 1. The summed E-state index contributed by atoms with van der Waals surface area (Å²) in [4.78, 5) is 0. The molecule has 0 spiro atoms. The first-order valence-corrected chi connectivity index (χ1v) is 5.77. The predicted octanol–water partition coefficient (Wildman–Crippen LogP) is 3.79. The first-order valence-electron chi connectivity index (χ1n) is 5.77. The molecular weight excluding hydrogens is 260 g/mol. The Morgan fingerprint density at radius 2 is 1.84 bits per heavy atom. The lowest BCUT2D eigenvalue weighted by Crippen LogP contribution is -2.24. The molecule has 0 radical (unpaired) electrons. The van der Waals surface area contributed by atoms with E-state index in [9.17, 15) is 17.6 Å². The highest BCUT2D eigenvalue weighted by Gasteiger charge is 2.45. The van der Waals surface area contributed by atoms with Gasteiger partial charge in [-0.15, -0.1) is 0 Å². The van der Waals surface area contributed by atoms with Crippen molar-refractivity contribution in [1.29, 1.82) is 0 Å². The minimum absolute atomic E-state index is 0.0193. The molecule has 0 amide bonds. The van der Waals surface area contributed by atoms with E-state index in [4.69, 9.17) is 0 Å². The van der Waals surface area contributed by atoms with Crippen molar-refractivity contribution in [1.82, 2.24) is 9.78 Å². The van der Waals surface area contributed by atoms with Gasteiger partial charge in [0.15, 0.2) is 0 Å². The Morgan fingerprint density at radius 1 is 1.21 bits per heavy atom. The Morgan fingerprint density at radius 3 is 2.37 bits per heavy atom. The molecule has 102 valence electrons. The van der Waals surface area contributed by atoms with Crippen molar-refractivity contribution in [2.75, 3.05) is 0 Å². The lowest BCUT2D eigenvalue weighted by atomic mass is 10.1. The Balaban J connectivity index is 2.50. The standard InChI is InChI=1S/C13H12F4N2/c1-2-11-10(13(16,17)12(14)15)8-19(18-11)9-6-4-3-5-7-9/h3-8,12H,2H2,1H3. The van der Waals surface area contributed by atoms with Crippen LogP contribution in [-0.2, 0) is 12.3 Å². The fourth-order valence-electron chi connectivity index (χ4n) is 1.78. The largest absolute Gasteiger partial charge is 0.335 e. The van der Waals surface area contributed by atoms with Crippen LogP contribution in [0.2, 0.25) is 0 Å². The number of nitrogens with zero attached hydrogens (tertiary/aromatic N) is 2. The van der Waals surface area contributed by atoms with Crippen molar-refractivity contribution in [2.24, 2.45) is 0 Å². The van der Waals surface area contributed by atoms with Crippen LogP contribution in [0.1, 0.15) is 18.2 Å². The molecule has 0 bridgehead atoms. The average molecular weight is 272 g/mol. The Hall–Kier alpha value is -1.85. The summed E-state index contributed by atoms with van der Waals surface area (Å²) >= 11 is 0. The maximum absolute atomic E-state index is 13.5. The lowest BCUT2D eigenvalue weighted by molar-refractivity contribution is -0.135. The molecule has 0 aliphatic rings. The quantitative estimate of drug-likeness (QED) is 0.774. The van der Waals surface area contributed by atoms with Crippen LogP contribution in [0.15, 0.2) is 36.5 Å². The first-order chi connectivity index (χ1) is 8.96. The number of aromatic nitrogens is 2. The van der Waals surface area contributed by atoms with Crippen molar-refractivity contribution in [3.8, 4) is 5.69 Å².